The van der Waals surface area contributed by atoms with E-state index in [1.165, 1.54) is 23.7 Å². The number of carbonyl (C=O) groups excluding carboxylic acids is 1. The van der Waals surface area contributed by atoms with Gasteiger partial charge < -0.3 is 15.4 Å². The minimum Gasteiger partial charge on any atom is -0.497 e. The van der Waals surface area contributed by atoms with Crippen molar-refractivity contribution in [1.29, 1.82) is 0 Å². The van der Waals surface area contributed by atoms with Crippen LogP contribution in [-0.2, 0) is 29.3 Å². The Hall–Kier alpha value is -3.00. The topological polar surface area (TPSA) is 101 Å². The Morgan fingerprint density at radius 1 is 1.13 bits per heavy atom. The number of amides is 1. The van der Waals surface area contributed by atoms with Gasteiger partial charge in [-0.1, -0.05) is 12.1 Å². The molecule has 0 unspecified atom stereocenters. The number of carbonyl (C=O) groups is 1. The smallest absolute Gasteiger partial charge is 0.433 e. The van der Waals surface area contributed by atoms with Gasteiger partial charge in [-0.3, -0.25) is 9.78 Å². The molecule has 1 saturated heterocycles. The fourth-order valence-electron chi connectivity index (χ4n) is 4.01. The number of methoxy groups -OCH3 is 1. The first-order chi connectivity index (χ1) is 18.1. The molecule has 1 aliphatic rings. The van der Waals surface area contributed by atoms with Gasteiger partial charge in [0.15, 0.2) is 0 Å². The molecule has 1 aromatic carbocycles. The van der Waals surface area contributed by atoms with Gasteiger partial charge in [0.1, 0.15) is 15.7 Å². The van der Waals surface area contributed by atoms with Crippen LogP contribution >= 0.6 is 11.3 Å². The number of aromatic nitrogens is 1. The number of piperidine rings is 1. The zero-order chi connectivity index (χ0) is 27.3. The molecule has 1 fully saturated rings. The summed E-state index contributed by atoms with van der Waals surface area (Å²) in [5.41, 5.74) is 0.133. The Morgan fingerprint density at radius 3 is 2.55 bits per heavy atom. The van der Waals surface area contributed by atoms with E-state index in [1.807, 2.05) is 0 Å². The highest BCUT2D eigenvalue weighted by Gasteiger charge is 2.32. The first kappa shape index (κ1) is 28.0. The first-order valence-electron chi connectivity index (χ1n) is 11.8. The Bertz CT molecular complexity index is 1350. The maximum Gasteiger partial charge on any atom is 0.433 e. The number of rotatable bonds is 9. The molecule has 0 aliphatic carbocycles. The molecule has 38 heavy (non-hydrogen) atoms. The van der Waals surface area contributed by atoms with Crippen LogP contribution in [0.25, 0.3) is 0 Å². The number of thiophene rings is 1. The molecule has 2 N–H and O–H groups in total. The van der Waals surface area contributed by atoms with E-state index in [0.29, 0.717) is 54.2 Å². The number of halogens is 3. The lowest BCUT2D eigenvalue weighted by Gasteiger charge is -2.31. The quantitative estimate of drug-likeness (QED) is 0.404. The molecular weight excluding hydrogens is 541 g/mol. The van der Waals surface area contributed by atoms with Crippen molar-refractivity contribution in [3.63, 3.8) is 0 Å². The van der Waals surface area contributed by atoms with Gasteiger partial charge in [0.25, 0.3) is 15.9 Å². The highest BCUT2D eigenvalue weighted by Crippen LogP contribution is 2.28. The average molecular weight is 569 g/mol. The lowest BCUT2D eigenvalue weighted by Crippen LogP contribution is -2.44. The Morgan fingerprint density at radius 2 is 1.89 bits per heavy atom. The second-order valence-electron chi connectivity index (χ2n) is 8.74. The summed E-state index contributed by atoms with van der Waals surface area (Å²) in [6.07, 6.45) is -2.13. The summed E-state index contributed by atoms with van der Waals surface area (Å²) < 4.78 is 71.1. The van der Waals surface area contributed by atoms with Gasteiger partial charge in [0.05, 0.1) is 13.7 Å². The zero-order valence-corrected chi connectivity index (χ0v) is 22.1. The number of hydrogen-bond donors (Lipinski definition) is 2. The predicted octanol–water partition coefficient (Wildman–Crippen LogP) is 4.04. The number of alkyl halides is 3. The van der Waals surface area contributed by atoms with E-state index in [9.17, 15) is 26.4 Å². The van der Waals surface area contributed by atoms with Crippen LogP contribution in [0.15, 0.2) is 58.9 Å². The number of ether oxygens (including phenoxy) is 1. The van der Waals surface area contributed by atoms with E-state index in [2.05, 4.69) is 15.6 Å². The summed E-state index contributed by atoms with van der Waals surface area (Å²) >= 11 is 1.12. The zero-order valence-electron chi connectivity index (χ0n) is 20.5. The molecule has 13 heteroatoms. The maximum atomic E-state index is 13.1. The van der Waals surface area contributed by atoms with E-state index in [1.54, 1.807) is 36.4 Å². The molecule has 2 aromatic heterocycles. The van der Waals surface area contributed by atoms with E-state index < -0.39 is 21.9 Å². The molecule has 0 bridgehead atoms. The largest absolute Gasteiger partial charge is 0.497 e. The molecule has 1 aliphatic heterocycles. The molecule has 0 spiro atoms. The fourth-order valence-corrected chi connectivity index (χ4v) is 6.93. The molecule has 0 atom stereocenters. The summed E-state index contributed by atoms with van der Waals surface area (Å²) in [6.45, 7) is 1.19. The van der Waals surface area contributed by atoms with Gasteiger partial charge in [-0.2, -0.15) is 17.5 Å². The van der Waals surface area contributed by atoms with Gasteiger partial charge >= 0.3 is 6.18 Å². The standard InChI is InChI=1S/C25H27F3N4O4S2/c1-36-20-4-2-3-18(13-20)24(33)31-16-21-6-8-23(37-21)38(34,35)32-11-9-19(10-12-32)29-14-17-5-7-22(30-15-17)25(26,27)28/h2-8,13,15,19,29H,9-12,14,16H2,1H3,(H,31,33). The summed E-state index contributed by atoms with van der Waals surface area (Å²) in [5.74, 6) is 0.279. The van der Waals surface area contributed by atoms with Crippen LogP contribution in [0.4, 0.5) is 13.2 Å². The van der Waals surface area contributed by atoms with Gasteiger partial charge in [-0.25, -0.2) is 8.42 Å². The van der Waals surface area contributed by atoms with Crippen LogP contribution in [0.2, 0.25) is 0 Å². The van der Waals surface area contributed by atoms with Crippen LogP contribution in [0.1, 0.15) is 39.3 Å². The van der Waals surface area contributed by atoms with Crippen molar-refractivity contribution < 1.29 is 31.1 Å². The van der Waals surface area contributed by atoms with Crippen molar-refractivity contribution in [2.75, 3.05) is 20.2 Å². The average Bonchev–Trinajstić information content (AvgIpc) is 3.41. The lowest BCUT2D eigenvalue weighted by atomic mass is 10.1. The molecular formula is C25H27F3N4O4S2. The Labute approximate surface area is 222 Å². The van der Waals surface area contributed by atoms with E-state index in [-0.39, 0.29) is 22.7 Å². The Balaban J connectivity index is 1.26. The number of nitrogens with one attached hydrogen (secondary N) is 2. The van der Waals surface area contributed by atoms with Crippen LogP contribution in [0, 0.1) is 0 Å². The molecule has 8 nitrogen and oxygen atoms in total. The van der Waals surface area contributed by atoms with Crippen LogP contribution in [0.5, 0.6) is 5.75 Å². The van der Waals surface area contributed by atoms with Crippen molar-refractivity contribution >= 4 is 27.3 Å². The number of nitrogens with zero attached hydrogens (tertiary/aromatic N) is 2. The molecule has 0 radical (unpaired) electrons. The van der Waals surface area contributed by atoms with Crippen LogP contribution in [0.3, 0.4) is 0 Å². The van der Waals surface area contributed by atoms with Crippen molar-refractivity contribution in [3.8, 4) is 5.75 Å². The number of pyridine rings is 1. The monoisotopic (exact) mass is 568 g/mol. The minimum atomic E-state index is -4.47. The number of hydrogen-bond acceptors (Lipinski definition) is 7. The third-order valence-electron chi connectivity index (χ3n) is 6.15. The Kier molecular flexibility index (Phi) is 8.71. The summed E-state index contributed by atoms with van der Waals surface area (Å²) in [7, 11) is -2.15. The molecule has 3 aromatic rings. The van der Waals surface area contributed by atoms with Gasteiger partial charge in [0, 0.05) is 42.3 Å². The van der Waals surface area contributed by atoms with Gasteiger partial charge in [-0.15, -0.1) is 11.3 Å². The molecule has 204 valence electrons. The van der Waals surface area contributed by atoms with Gasteiger partial charge in [-0.05, 0) is 54.8 Å². The number of benzene rings is 1. The normalized spacial score (nSPS) is 15.4. The SMILES string of the molecule is COc1cccc(C(=O)NCc2ccc(S(=O)(=O)N3CCC(NCc4ccc(C(F)(F)F)nc4)CC3)s2)c1. The second kappa shape index (κ2) is 11.8. The van der Waals surface area contributed by atoms with E-state index in [4.69, 9.17) is 4.74 Å². The molecule has 1 amide bonds. The van der Waals surface area contributed by atoms with Crippen molar-refractivity contribution in [3.05, 3.63) is 76.4 Å². The highest BCUT2D eigenvalue weighted by molar-refractivity contribution is 7.91. The molecule has 0 saturated carbocycles. The second-order valence-corrected chi connectivity index (χ2v) is 12.1. The third-order valence-corrected chi connectivity index (χ3v) is 9.60. The predicted molar refractivity (Wildman–Crippen MR) is 136 cm³/mol. The van der Waals surface area contributed by atoms with Gasteiger partial charge in [0.2, 0.25) is 0 Å². The van der Waals surface area contributed by atoms with Crippen LogP contribution in [-0.4, -0.2) is 49.9 Å². The minimum absolute atomic E-state index is 0.0365. The van der Waals surface area contributed by atoms with Crippen molar-refractivity contribution in [2.24, 2.45) is 0 Å². The molecule has 3 heterocycles. The summed E-state index contributed by atoms with van der Waals surface area (Å²) in [6, 6.07) is 12.4. The molecule has 4 rings (SSSR count). The summed E-state index contributed by atoms with van der Waals surface area (Å²) in [5, 5.41) is 6.07. The summed E-state index contributed by atoms with van der Waals surface area (Å²) in [4.78, 5) is 16.6. The van der Waals surface area contributed by atoms with Crippen LogP contribution < -0.4 is 15.4 Å². The first-order valence-corrected chi connectivity index (χ1v) is 14.1. The fraction of sp³-hybridized carbons (Fsp3) is 0.360. The lowest BCUT2D eigenvalue weighted by molar-refractivity contribution is -0.141. The third kappa shape index (κ3) is 6.90. The highest BCUT2D eigenvalue weighted by atomic mass is 32.2. The van der Waals surface area contributed by atoms with E-state index in [0.717, 1.165) is 17.4 Å². The number of sulfonamides is 1. The van der Waals surface area contributed by atoms with Crippen molar-refractivity contribution in [1.82, 2.24) is 19.9 Å². The van der Waals surface area contributed by atoms with E-state index >= 15 is 0 Å². The van der Waals surface area contributed by atoms with Crippen molar-refractivity contribution in [2.45, 2.75) is 42.4 Å². The maximum absolute atomic E-state index is 13.1.